The van der Waals surface area contributed by atoms with Crippen LogP contribution in [0.25, 0.3) is 0 Å². The van der Waals surface area contributed by atoms with Crippen molar-refractivity contribution in [2.24, 2.45) is 0 Å². The fraction of sp³-hybridized carbons (Fsp3) is 1.00. The van der Waals surface area contributed by atoms with E-state index in [1.807, 2.05) is 78.6 Å². The molecule has 66 heavy (non-hydrogen) atoms. The van der Waals surface area contributed by atoms with Crippen LogP contribution in [0.5, 0.6) is 0 Å². The van der Waals surface area contributed by atoms with Gasteiger partial charge in [-0.3, -0.25) is 0 Å². The summed E-state index contributed by atoms with van der Waals surface area (Å²) in [6, 6.07) is 0. The maximum absolute atomic E-state index is 9.48. The van der Waals surface area contributed by atoms with Crippen molar-refractivity contribution in [3.05, 3.63) is 0 Å². The smallest absolute Gasteiger partial charge is 0.412 e. The summed E-state index contributed by atoms with van der Waals surface area (Å²) in [7, 11) is -35.2. The molecule has 0 spiro atoms. The van der Waals surface area contributed by atoms with Gasteiger partial charge in [-0.2, -0.15) is 0 Å². The Kier molecular flexibility index (Phi) is 34.0. The van der Waals surface area contributed by atoms with Gasteiger partial charge >= 0.3 is 57.2 Å². The van der Waals surface area contributed by atoms with Crippen molar-refractivity contribution in [1.29, 1.82) is 0 Å². The average molecular weight is 1160 g/mol. The minimum Gasteiger partial charge on any atom is -0.412 e. The van der Waals surface area contributed by atoms with Gasteiger partial charge in [0.15, 0.2) is 0 Å². The Bertz CT molecular complexity index is 999. The molecule has 390 valence electrons. The van der Waals surface area contributed by atoms with Gasteiger partial charge in [0.05, 0.1) is 117 Å². The fourth-order valence-electron chi connectivity index (χ4n) is 4.61. The zero-order valence-electron chi connectivity index (χ0n) is 40.8. The molecule has 1 aliphatic heterocycles. The molecular formula is C30H78O24Si12. The van der Waals surface area contributed by atoms with Crippen LogP contribution in [-0.2, 0) is 77.8 Å². The number of aliphatic hydroxyl groups excluding tert-OH is 6. The van der Waals surface area contributed by atoms with Gasteiger partial charge in [-0.15, -0.1) is 0 Å². The van der Waals surface area contributed by atoms with Gasteiger partial charge in [0.25, 0.3) is 0 Å². The summed E-state index contributed by atoms with van der Waals surface area (Å²) in [6.45, 7) is 22.0. The lowest BCUT2D eigenvalue weighted by Crippen LogP contribution is -2.61. The maximum atomic E-state index is 9.48. The summed E-state index contributed by atoms with van der Waals surface area (Å²) >= 11 is 0. The topological polar surface area (TPSA) is 288 Å². The van der Waals surface area contributed by atoms with Crippen LogP contribution in [-0.4, -0.2) is 254 Å². The van der Waals surface area contributed by atoms with E-state index in [1.54, 1.807) is 0 Å². The second-order valence-electron chi connectivity index (χ2n) is 17.9. The van der Waals surface area contributed by atoms with Crippen molar-refractivity contribution in [1.82, 2.24) is 0 Å². The first kappa shape index (κ1) is 65.7. The normalized spacial score (nSPS) is 17.7. The van der Waals surface area contributed by atoms with E-state index in [1.165, 1.54) is 0 Å². The molecule has 0 aromatic rings. The van der Waals surface area contributed by atoms with Crippen molar-refractivity contribution >= 4 is 107 Å². The predicted molar refractivity (Wildman–Crippen MR) is 260 cm³/mol. The lowest BCUT2D eigenvalue weighted by Gasteiger charge is -2.37. The highest BCUT2D eigenvalue weighted by molar-refractivity contribution is 6.85. The molecule has 1 saturated heterocycles. The Labute approximate surface area is 408 Å². The van der Waals surface area contributed by atoms with E-state index in [0.717, 1.165) is 0 Å². The third-order valence-electron chi connectivity index (χ3n) is 7.27. The van der Waals surface area contributed by atoms with E-state index in [0.29, 0.717) is 0 Å². The van der Waals surface area contributed by atoms with Crippen LogP contribution in [0.3, 0.4) is 0 Å². The van der Waals surface area contributed by atoms with E-state index >= 15 is 0 Å². The molecule has 0 saturated carbocycles. The standard InChI is InChI=1S/C30H78O24Si12/c1-61(2,25-37-19-13-31)49-55-43-56(50-62(3,4)26-38-20-14-32)45-58(52-64(7,8)28-40-22-16-34)47-60(54-66(11,12)30-42-24-18-36)48-59(53-65(9,10)29-41-23-17-35)46-57(44-55)51-63(5,6)27-39-21-15-33/h31-36H,13-30H2,1-12H3. The maximum Gasteiger partial charge on any atom is 0.550 e. The zero-order chi connectivity index (χ0) is 49.9. The highest BCUT2D eigenvalue weighted by atomic mass is 28.5. The van der Waals surface area contributed by atoms with Crippen molar-refractivity contribution in [3.8, 4) is 0 Å². The van der Waals surface area contributed by atoms with Crippen LogP contribution in [0.1, 0.15) is 0 Å². The third kappa shape index (κ3) is 32.7. The molecule has 1 heterocycles. The molecule has 0 atom stereocenters. The Morgan fingerprint density at radius 2 is 0.379 bits per heavy atom. The van der Waals surface area contributed by atoms with Gasteiger partial charge < -0.3 is 108 Å². The molecule has 0 bridgehead atoms. The number of ether oxygens (including phenoxy) is 6. The first-order chi connectivity index (χ1) is 30.8. The Balaban J connectivity index is 4.18. The summed E-state index contributed by atoms with van der Waals surface area (Å²) in [5.41, 5.74) is 0. The first-order valence-corrected chi connectivity index (χ1v) is 47.4. The van der Waals surface area contributed by atoms with Gasteiger partial charge in [0.1, 0.15) is 0 Å². The second-order valence-corrected chi connectivity index (χ2v) is 53.6. The summed E-state index contributed by atoms with van der Waals surface area (Å²) in [4.78, 5) is 0. The van der Waals surface area contributed by atoms with Crippen LogP contribution in [0, 0.1) is 0 Å². The van der Waals surface area contributed by atoms with Gasteiger partial charge in [0, 0.05) is 0 Å². The molecule has 0 aromatic carbocycles. The van der Waals surface area contributed by atoms with Crippen molar-refractivity contribution in [2.45, 2.75) is 78.6 Å². The lowest BCUT2D eigenvalue weighted by molar-refractivity contribution is 0.0991. The van der Waals surface area contributed by atoms with E-state index in [9.17, 15) is 30.6 Å². The Morgan fingerprint density at radius 1 is 0.258 bits per heavy atom. The molecule has 0 aromatic heterocycles. The summed E-state index contributed by atoms with van der Waals surface area (Å²) in [5, 5.41) is 56.9. The molecule has 6 radical (unpaired) electrons. The SMILES string of the molecule is C[Si](C)(COCCO)O[Si]1O[Si](O[Si](C)(C)COCCO)O[Si](O[Si](C)(C)COCCO)O[Si](O[Si](C)(C)COCCO)O[Si](O[Si](C)(C)COCCO)O[Si](O[Si](C)(C)COCCO)O1. The summed E-state index contributed by atoms with van der Waals surface area (Å²) in [5.74, 6) is 0. The lowest BCUT2D eigenvalue weighted by atomic mass is 10.8. The minimum atomic E-state index is -3.01. The number of hydrogen-bond acceptors (Lipinski definition) is 24. The molecule has 0 unspecified atom stereocenters. The highest BCUT2D eigenvalue weighted by Gasteiger charge is 2.52. The molecule has 24 nitrogen and oxygen atoms in total. The van der Waals surface area contributed by atoms with Crippen molar-refractivity contribution < 1.29 is 108 Å². The van der Waals surface area contributed by atoms with Crippen molar-refractivity contribution in [2.75, 3.05) is 117 Å². The quantitative estimate of drug-likeness (QED) is 0.0312. The monoisotopic (exact) mass is 1160 g/mol. The number of aliphatic hydroxyl groups is 6. The fourth-order valence-corrected chi connectivity index (χ4v) is 33.7. The molecule has 0 amide bonds. The van der Waals surface area contributed by atoms with Crippen LogP contribution in [0.4, 0.5) is 0 Å². The third-order valence-corrected chi connectivity index (χ3v) is 37.9. The number of hydrogen-bond donors (Lipinski definition) is 6. The van der Waals surface area contributed by atoms with E-state index in [4.69, 9.17) is 77.8 Å². The van der Waals surface area contributed by atoms with Crippen LogP contribution >= 0.6 is 0 Å². The van der Waals surface area contributed by atoms with Crippen LogP contribution < -0.4 is 0 Å². The molecule has 1 fully saturated rings. The summed E-state index contributed by atoms with van der Waals surface area (Å²) in [6.07, 6.45) is 0.923. The van der Waals surface area contributed by atoms with E-state index < -0.39 is 107 Å². The van der Waals surface area contributed by atoms with Gasteiger partial charge in [-0.05, 0) is 78.6 Å². The molecule has 1 aliphatic rings. The molecule has 0 aliphatic carbocycles. The Hall–Kier alpha value is 1.64. The van der Waals surface area contributed by atoms with Gasteiger partial charge in [0.2, 0.25) is 49.9 Å². The molecule has 36 heteroatoms. The largest absolute Gasteiger partial charge is 0.550 e. The second kappa shape index (κ2) is 34.2. The minimum absolute atomic E-state index is 0.0803. The van der Waals surface area contributed by atoms with E-state index in [2.05, 4.69) is 0 Å². The van der Waals surface area contributed by atoms with Crippen LogP contribution in [0.15, 0.2) is 0 Å². The molecule has 1 rings (SSSR count). The number of rotatable bonds is 36. The van der Waals surface area contributed by atoms with Gasteiger partial charge in [-0.1, -0.05) is 0 Å². The van der Waals surface area contributed by atoms with E-state index in [-0.39, 0.29) is 117 Å². The molecule has 6 N–H and O–H groups in total. The average Bonchev–Trinajstić information content (AvgIpc) is 3.16. The van der Waals surface area contributed by atoms with Gasteiger partial charge in [-0.25, -0.2) is 0 Å². The summed E-state index contributed by atoms with van der Waals surface area (Å²) < 4.78 is 115. The first-order valence-electron chi connectivity index (χ1n) is 21.4. The molecular weight excluding hydrogens is 1080 g/mol. The van der Waals surface area contributed by atoms with Crippen molar-refractivity contribution in [3.63, 3.8) is 0 Å². The van der Waals surface area contributed by atoms with Crippen LogP contribution in [0.2, 0.25) is 78.6 Å². The Morgan fingerprint density at radius 3 is 0.485 bits per heavy atom. The zero-order valence-corrected chi connectivity index (χ0v) is 52.8. The highest BCUT2D eigenvalue weighted by Crippen LogP contribution is 2.23. The predicted octanol–water partition coefficient (Wildman–Crippen LogP) is -1.37.